The Balaban J connectivity index is 1.74. The fourth-order valence-corrected chi connectivity index (χ4v) is 6.40. The van der Waals surface area contributed by atoms with Crippen LogP contribution in [0.15, 0.2) is 17.0 Å². The molecule has 1 unspecified atom stereocenters. The minimum absolute atomic E-state index is 0.139. The predicted molar refractivity (Wildman–Crippen MR) is 121 cm³/mol. The van der Waals surface area contributed by atoms with Crippen molar-refractivity contribution in [3.05, 3.63) is 45.2 Å². The van der Waals surface area contributed by atoms with Gasteiger partial charge >= 0.3 is 5.97 Å². The van der Waals surface area contributed by atoms with Crippen LogP contribution in [0.25, 0.3) is 0 Å². The van der Waals surface area contributed by atoms with Gasteiger partial charge in [0.2, 0.25) is 0 Å². The Labute approximate surface area is 185 Å². The minimum Gasteiger partial charge on any atom is -0.494 e. The number of carboxylic acid groups (broad SMARTS) is 1. The third-order valence-electron chi connectivity index (χ3n) is 5.91. The lowest BCUT2D eigenvalue weighted by atomic mass is 10.1. The van der Waals surface area contributed by atoms with Crippen LogP contribution in [0.3, 0.4) is 0 Å². The molecule has 0 aliphatic heterocycles. The van der Waals surface area contributed by atoms with Gasteiger partial charge < -0.3 is 14.4 Å². The SMILES string of the molecule is Cc1cc(OCCCn2c(C)c(S(=O)C3CCCC3)c(C)c2C(=O)O)cc(C)c1Cl. The van der Waals surface area contributed by atoms with E-state index in [9.17, 15) is 14.1 Å². The Morgan fingerprint density at radius 3 is 2.37 bits per heavy atom. The molecule has 164 valence electrons. The average molecular weight is 452 g/mol. The van der Waals surface area contributed by atoms with E-state index < -0.39 is 16.8 Å². The first-order chi connectivity index (χ1) is 14.2. The van der Waals surface area contributed by atoms with E-state index in [0.717, 1.165) is 53.3 Å². The molecule has 2 aromatic rings. The summed E-state index contributed by atoms with van der Waals surface area (Å²) in [5.41, 5.74) is 3.61. The fourth-order valence-electron chi connectivity index (χ4n) is 4.39. The molecule has 1 aromatic heterocycles. The lowest BCUT2D eigenvalue weighted by Crippen LogP contribution is -2.13. The normalized spacial score (nSPS) is 15.5. The van der Waals surface area contributed by atoms with Gasteiger partial charge in [-0.3, -0.25) is 4.21 Å². The van der Waals surface area contributed by atoms with Crippen molar-refractivity contribution in [1.82, 2.24) is 4.57 Å². The number of aromatic nitrogens is 1. The van der Waals surface area contributed by atoms with E-state index in [2.05, 4.69) is 0 Å². The maximum absolute atomic E-state index is 13.2. The number of carbonyl (C=O) groups is 1. The summed E-state index contributed by atoms with van der Waals surface area (Å²) in [4.78, 5) is 12.7. The Kier molecular flexibility index (Phi) is 7.30. The van der Waals surface area contributed by atoms with Crippen molar-refractivity contribution in [1.29, 1.82) is 0 Å². The molecule has 0 amide bonds. The summed E-state index contributed by atoms with van der Waals surface area (Å²) in [6.45, 7) is 8.51. The molecule has 0 saturated heterocycles. The summed E-state index contributed by atoms with van der Waals surface area (Å²) in [5.74, 6) is -0.216. The summed E-state index contributed by atoms with van der Waals surface area (Å²) in [5, 5.41) is 10.7. The number of hydrogen-bond acceptors (Lipinski definition) is 3. The first-order valence-electron chi connectivity index (χ1n) is 10.5. The molecule has 0 bridgehead atoms. The lowest BCUT2D eigenvalue weighted by molar-refractivity contribution is 0.0683. The molecule has 7 heteroatoms. The van der Waals surface area contributed by atoms with Crippen molar-refractivity contribution in [3.8, 4) is 5.75 Å². The van der Waals surface area contributed by atoms with E-state index >= 15 is 0 Å². The molecule has 0 spiro atoms. The summed E-state index contributed by atoms with van der Waals surface area (Å²) in [7, 11) is -1.16. The first-order valence-corrected chi connectivity index (χ1v) is 12.0. The van der Waals surface area contributed by atoms with Crippen molar-refractivity contribution in [3.63, 3.8) is 0 Å². The van der Waals surface area contributed by atoms with Gasteiger partial charge in [-0.1, -0.05) is 24.4 Å². The van der Waals surface area contributed by atoms with E-state index in [0.29, 0.717) is 30.0 Å². The van der Waals surface area contributed by atoms with Crippen LogP contribution >= 0.6 is 11.6 Å². The number of hydrogen-bond donors (Lipinski definition) is 1. The Hall–Kier alpha value is -1.79. The van der Waals surface area contributed by atoms with Gasteiger partial charge in [0.25, 0.3) is 0 Å². The van der Waals surface area contributed by atoms with Gasteiger partial charge in [0.05, 0.1) is 22.3 Å². The first kappa shape index (κ1) is 22.9. The van der Waals surface area contributed by atoms with E-state index in [1.165, 1.54) is 0 Å². The topological polar surface area (TPSA) is 68.5 Å². The van der Waals surface area contributed by atoms with Gasteiger partial charge in [0.15, 0.2) is 0 Å². The molecule has 1 aromatic carbocycles. The smallest absolute Gasteiger partial charge is 0.352 e. The maximum Gasteiger partial charge on any atom is 0.352 e. The highest BCUT2D eigenvalue weighted by Crippen LogP contribution is 2.33. The van der Waals surface area contributed by atoms with Gasteiger partial charge in [-0.15, -0.1) is 0 Å². The highest BCUT2D eigenvalue weighted by atomic mass is 35.5. The number of carboxylic acids is 1. The number of benzene rings is 1. The summed E-state index contributed by atoms with van der Waals surface area (Å²) < 4.78 is 20.8. The number of ether oxygens (including phenoxy) is 1. The van der Waals surface area contributed by atoms with E-state index in [1.54, 1.807) is 11.5 Å². The summed E-state index contributed by atoms with van der Waals surface area (Å²) in [6.07, 6.45) is 4.75. The van der Waals surface area contributed by atoms with E-state index in [4.69, 9.17) is 16.3 Å². The quantitative estimate of drug-likeness (QED) is 0.531. The molecule has 1 saturated carbocycles. The van der Waals surface area contributed by atoms with Crippen LogP contribution in [0.1, 0.15) is 65.0 Å². The zero-order chi connectivity index (χ0) is 22.0. The second kappa shape index (κ2) is 9.56. The highest BCUT2D eigenvalue weighted by molar-refractivity contribution is 7.85. The van der Waals surface area contributed by atoms with Crippen molar-refractivity contribution < 1.29 is 18.8 Å². The molecule has 1 aliphatic carbocycles. The van der Waals surface area contributed by atoms with Gasteiger partial charge in [-0.25, -0.2) is 4.79 Å². The molecule has 1 fully saturated rings. The van der Waals surface area contributed by atoms with Gasteiger partial charge in [-0.05, 0) is 75.8 Å². The van der Waals surface area contributed by atoms with Crippen LogP contribution in [0.2, 0.25) is 5.02 Å². The van der Waals surface area contributed by atoms with Crippen molar-refractivity contribution in [2.75, 3.05) is 6.61 Å². The zero-order valence-electron chi connectivity index (χ0n) is 18.1. The van der Waals surface area contributed by atoms with Crippen LogP contribution in [-0.2, 0) is 17.3 Å². The summed E-state index contributed by atoms with van der Waals surface area (Å²) >= 11 is 6.21. The third-order valence-corrected chi connectivity index (χ3v) is 8.59. The second-order valence-electron chi connectivity index (χ2n) is 8.12. The van der Waals surface area contributed by atoms with Gasteiger partial charge in [0.1, 0.15) is 11.4 Å². The third kappa shape index (κ3) is 4.59. The van der Waals surface area contributed by atoms with Gasteiger partial charge in [0, 0.05) is 22.5 Å². The molecular weight excluding hydrogens is 422 g/mol. The Morgan fingerprint density at radius 2 is 1.80 bits per heavy atom. The van der Waals surface area contributed by atoms with E-state index in [1.807, 2.05) is 32.9 Å². The molecule has 1 aliphatic rings. The average Bonchev–Trinajstić information content (AvgIpc) is 3.30. The second-order valence-corrected chi connectivity index (χ2v) is 10.2. The molecule has 1 heterocycles. The monoisotopic (exact) mass is 451 g/mol. The number of nitrogens with zero attached hydrogens (tertiary/aromatic N) is 1. The predicted octanol–water partition coefficient (Wildman–Crippen LogP) is 5.59. The molecule has 1 atom stereocenters. The Bertz CT molecular complexity index is 953. The molecule has 3 rings (SSSR count). The molecule has 0 radical (unpaired) electrons. The standard InChI is InChI=1S/C23H30ClNO4S/c1-14-12-18(13-15(2)20(14)24)29-11-7-10-25-17(4)22(16(3)21(25)23(26)27)30(28)19-8-5-6-9-19/h12-13,19H,5-11H2,1-4H3,(H,26,27). The number of rotatable bonds is 8. The zero-order valence-corrected chi connectivity index (χ0v) is 19.7. The van der Waals surface area contributed by atoms with Crippen molar-refractivity contribution in [2.45, 2.75) is 76.5 Å². The number of halogens is 1. The van der Waals surface area contributed by atoms with Crippen molar-refractivity contribution in [2.24, 2.45) is 0 Å². The lowest BCUT2D eigenvalue weighted by Gasteiger charge is -2.13. The molecule has 30 heavy (non-hydrogen) atoms. The van der Waals surface area contributed by atoms with Crippen molar-refractivity contribution >= 4 is 28.4 Å². The van der Waals surface area contributed by atoms with E-state index in [-0.39, 0.29) is 10.9 Å². The Morgan fingerprint density at radius 1 is 1.20 bits per heavy atom. The fraction of sp³-hybridized carbons (Fsp3) is 0.522. The highest BCUT2D eigenvalue weighted by Gasteiger charge is 2.30. The number of aromatic carboxylic acids is 1. The summed E-state index contributed by atoms with van der Waals surface area (Å²) in [6, 6.07) is 3.82. The molecule has 5 nitrogen and oxygen atoms in total. The van der Waals surface area contributed by atoms with Crippen LogP contribution in [0, 0.1) is 27.7 Å². The van der Waals surface area contributed by atoms with Crippen LogP contribution in [0.5, 0.6) is 5.75 Å². The molecular formula is C23H30ClNO4S. The largest absolute Gasteiger partial charge is 0.494 e. The van der Waals surface area contributed by atoms with Crippen LogP contribution in [-0.4, -0.2) is 31.7 Å². The minimum atomic E-state index is -1.16. The van der Waals surface area contributed by atoms with Crippen LogP contribution in [0.4, 0.5) is 0 Å². The van der Waals surface area contributed by atoms with Crippen LogP contribution < -0.4 is 4.74 Å². The maximum atomic E-state index is 13.2. The van der Waals surface area contributed by atoms with Gasteiger partial charge in [-0.2, -0.15) is 0 Å². The number of aryl methyl sites for hydroxylation is 2. The molecule has 1 N–H and O–H groups in total.